The molecule has 1 aromatic carbocycles. The van der Waals surface area contributed by atoms with Gasteiger partial charge in [0.05, 0.1) is 5.60 Å². The fourth-order valence-corrected chi connectivity index (χ4v) is 2.27. The molecule has 1 aromatic rings. The monoisotopic (exact) mass is 234 g/mol. The van der Waals surface area contributed by atoms with E-state index in [1.54, 1.807) is 0 Å². The molecule has 1 heterocycles. The molecule has 1 fully saturated rings. The van der Waals surface area contributed by atoms with E-state index in [0.717, 1.165) is 31.6 Å². The summed E-state index contributed by atoms with van der Waals surface area (Å²) in [4.78, 5) is 0. The van der Waals surface area contributed by atoms with E-state index in [1.165, 1.54) is 11.1 Å². The van der Waals surface area contributed by atoms with Crippen LogP contribution in [0.2, 0.25) is 0 Å². The molecule has 1 aliphatic rings. The molecule has 0 bridgehead atoms. The van der Waals surface area contributed by atoms with Crippen molar-refractivity contribution in [1.82, 2.24) is 5.32 Å². The van der Waals surface area contributed by atoms with Gasteiger partial charge in [-0.15, -0.1) is 0 Å². The van der Waals surface area contributed by atoms with Crippen LogP contribution in [0.15, 0.2) is 18.2 Å². The first kappa shape index (κ1) is 12.4. The summed E-state index contributed by atoms with van der Waals surface area (Å²) in [5.41, 5.74) is 3.14. The molecule has 0 atom stereocenters. The number of hydrogen-bond acceptors (Lipinski definition) is 3. The molecule has 0 amide bonds. The first-order valence-electron chi connectivity index (χ1n) is 6.34. The highest BCUT2D eigenvalue weighted by molar-refractivity contribution is 5.53. The molecule has 3 heteroatoms. The quantitative estimate of drug-likeness (QED) is 0.747. The molecule has 17 heavy (non-hydrogen) atoms. The molecule has 3 N–H and O–H groups in total. The smallest absolute Gasteiger partial charge is 0.0843 e. The van der Waals surface area contributed by atoms with E-state index in [1.807, 2.05) is 0 Å². The summed E-state index contributed by atoms with van der Waals surface area (Å²) in [6.07, 6.45) is 1.65. The van der Waals surface area contributed by atoms with E-state index in [0.29, 0.717) is 6.54 Å². The fraction of sp³-hybridized carbons (Fsp3) is 0.571. The number of benzene rings is 1. The van der Waals surface area contributed by atoms with Gasteiger partial charge in [-0.2, -0.15) is 0 Å². The number of aryl methyl sites for hydroxylation is 1. The Morgan fingerprint density at radius 3 is 2.71 bits per heavy atom. The number of hydrogen-bond donors (Lipinski definition) is 3. The average Bonchev–Trinajstić information content (AvgIpc) is 2.32. The predicted octanol–water partition coefficient (Wildman–Crippen LogP) is 1.83. The van der Waals surface area contributed by atoms with Gasteiger partial charge in [-0.05, 0) is 57.0 Å². The lowest BCUT2D eigenvalue weighted by atomic mass is 9.92. The lowest BCUT2D eigenvalue weighted by Gasteiger charge is -2.33. The van der Waals surface area contributed by atoms with Gasteiger partial charge in [0, 0.05) is 12.2 Å². The van der Waals surface area contributed by atoms with Crippen molar-refractivity contribution in [3.8, 4) is 0 Å². The number of nitrogens with one attached hydrogen (secondary N) is 2. The van der Waals surface area contributed by atoms with E-state index in [9.17, 15) is 5.11 Å². The third kappa shape index (κ3) is 2.99. The number of piperidine rings is 1. The molecule has 2 rings (SSSR count). The standard InChI is InChI=1S/C14H22N2O/c1-11-4-3-5-13(12(11)2)16-10-14(17)6-8-15-9-7-14/h3-5,15-17H,6-10H2,1-2H3. The van der Waals surface area contributed by atoms with Crippen molar-refractivity contribution in [3.05, 3.63) is 29.3 Å². The van der Waals surface area contributed by atoms with E-state index in [-0.39, 0.29) is 0 Å². The van der Waals surface area contributed by atoms with E-state index in [4.69, 9.17) is 0 Å². The molecule has 0 radical (unpaired) electrons. The van der Waals surface area contributed by atoms with Gasteiger partial charge in [-0.3, -0.25) is 0 Å². The molecule has 3 nitrogen and oxygen atoms in total. The number of anilines is 1. The number of rotatable bonds is 3. The SMILES string of the molecule is Cc1cccc(NCC2(O)CCNCC2)c1C. The molecule has 94 valence electrons. The van der Waals surface area contributed by atoms with Crippen LogP contribution in [-0.2, 0) is 0 Å². The Morgan fingerprint density at radius 2 is 2.00 bits per heavy atom. The van der Waals surface area contributed by atoms with Crippen molar-refractivity contribution in [2.24, 2.45) is 0 Å². The molecule has 1 saturated heterocycles. The van der Waals surface area contributed by atoms with Crippen LogP contribution in [0.5, 0.6) is 0 Å². The normalized spacial score (nSPS) is 19.0. The van der Waals surface area contributed by atoms with Gasteiger partial charge in [0.2, 0.25) is 0 Å². The molecule has 0 unspecified atom stereocenters. The minimum Gasteiger partial charge on any atom is -0.388 e. The first-order valence-corrected chi connectivity index (χ1v) is 6.34. The molecular weight excluding hydrogens is 212 g/mol. The first-order chi connectivity index (χ1) is 8.11. The third-order valence-electron chi connectivity index (χ3n) is 3.75. The zero-order chi connectivity index (χ0) is 12.3. The van der Waals surface area contributed by atoms with Gasteiger partial charge in [0.1, 0.15) is 0 Å². The lowest BCUT2D eigenvalue weighted by molar-refractivity contribution is 0.0232. The minimum absolute atomic E-state index is 0.554. The van der Waals surface area contributed by atoms with Crippen LogP contribution < -0.4 is 10.6 Å². The largest absolute Gasteiger partial charge is 0.388 e. The topological polar surface area (TPSA) is 44.3 Å². The highest BCUT2D eigenvalue weighted by Crippen LogP contribution is 2.22. The van der Waals surface area contributed by atoms with Crippen molar-refractivity contribution in [2.75, 3.05) is 25.0 Å². The maximum absolute atomic E-state index is 10.4. The molecular formula is C14H22N2O. The third-order valence-corrected chi connectivity index (χ3v) is 3.75. The molecule has 0 aliphatic carbocycles. The van der Waals surface area contributed by atoms with Crippen LogP contribution in [0.4, 0.5) is 5.69 Å². The van der Waals surface area contributed by atoms with Gasteiger partial charge in [0.15, 0.2) is 0 Å². The fourth-order valence-electron chi connectivity index (χ4n) is 2.27. The van der Waals surface area contributed by atoms with Crippen molar-refractivity contribution in [3.63, 3.8) is 0 Å². The Hall–Kier alpha value is -1.06. The van der Waals surface area contributed by atoms with Gasteiger partial charge in [-0.25, -0.2) is 0 Å². The van der Waals surface area contributed by atoms with Gasteiger partial charge >= 0.3 is 0 Å². The second-order valence-corrected chi connectivity index (χ2v) is 5.08. The number of aliphatic hydroxyl groups is 1. The van der Waals surface area contributed by atoms with Crippen molar-refractivity contribution >= 4 is 5.69 Å². The van der Waals surface area contributed by atoms with Crippen LogP contribution >= 0.6 is 0 Å². The van der Waals surface area contributed by atoms with Crippen molar-refractivity contribution in [1.29, 1.82) is 0 Å². The van der Waals surface area contributed by atoms with Crippen LogP contribution in [0.1, 0.15) is 24.0 Å². The van der Waals surface area contributed by atoms with E-state index >= 15 is 0 Å². The summed E-state index contributed by atoms with van der Waals surface area (Å²) in [5, 5.41) is 17.0. The van der Waals surface area contributed by atoms with Crippen LogP contribution in [0, 0.1) is 13.8 Å². The Kier molecular flexibility index (Phi) is 3.69. The van der Waals surface area contributed by atoms with Gasteiger partial charge in [-0.1, -0.05) is 12.1 Å². The van der Waals surface area contributed by atoms with Gasteiger partial charge in [0.25, 0.3) is 0 Å². The van der Waals surface area contributed by atoms with Crippen molar-refractivity contribution < 1.29 is 5.11 Å². The molecule has 0 aromatic heterocycles. The maximum Gasteiger partial charge on any atom is 0.0843 e. The summed E-state index contributed by atoms with van der Waals surface area (Å²) >= 11 is 0. The van der Waals surface area contributed by atoms with Crippen LogP contribution in [0.3, 0.4) is 0 Å². The summed E-state index contributed by atoms with van der Waals surface area (Å²) in [6, 6.07) is 6.24. The zero-order valence-corrected chi connectivity index (χ0v) is 10.7. The Morgan fingerprint density at radius 1 is 1.29 bits per heavy atom. The summed E-state index contributed by atoms with van der Waals surface area (Å²) in [7, 11) is 0. The van der Waals surface area contributed by atoms with Gasteiger partial charge < -0.3 is 15.7 Å². The Bertz CT molecular complexity index is 384. The molecule has 0 saturated carbocycles. The zero-order valence-electron chi connectivity index (χ0n) is 10.7. The summed E-state index contributed by atoms with van der Waals surface area (Å²) in [5.74, 6) is 0. The lowest BCUT2D eigenvalue weighted by Crippen LogP contribution is -2.46. The molecule has 1 aliphatic heterocycles. The highest BCUT2D eigenvalue weighted by atomic mass is 16.3. The van der Waals surface area contributed by atoms with E-state index < -0.39 is 5.60 Å². The minimum atomic E-state index is -0.554. The maximum atomic E-state index is 10.4. The summed E-state index contributed by atoms with van der Waals surface area (Å²) in [6.45, 7) is 6.68. The summed E-state index contributed by atoms with van der Waals surface area (Å²) < 4.78 is 0. The second kappa shape index (κ2) is 5.07. The average molecular weight is 234 g/mol. The Labute approximate surface area is 103 Å². The van der Waals surface area contributed by atoms with Crippen LogP contribution in [0.25, 0.3) is 0 Å². The van der Waals surface area contributed by atoms with E-state index in [2.05, 4.69) is 42.7 Å². The molecule has 0 spiro atoms. The predicted molar refractivity (Wildman–Crippen MR) is 71.5 cm³/mol. The van der Waals surface area contributed by atoms with Crippen molar-refractivity contribution in [2.45, 2.75) is 32.3 Å². The second-order valence-electron chi connectivity index (χ2n) is 5.08. The van der Waals surface area contributed by atoms with Crippen LogP contribution in [-0.4, -0.2) is 30.3 Å². The highest BCUT2D eigenvalue weighted by Gasteiger charge is 2.28. The Balaban J connectivity index is 1.99.